The maximum absolute atomic E-state index is 10.3. The van der Waals surface area contributed by atoms with Gasteiger partial charge in [-0.05, 0) is 23.3 Å². The van der Waals surface area contributed by atoms with Gasteiger partial charge >= 0.3 is 0 Å². The molecule has 2 aromatic carbocycles. The summed E-state index contributed by atoms with van der Waals surface area (Å²) in [6, 6.07) is 16.8. The lowest BCUT2D eigenvalue weighted by Crippen LogP contribution is -2.02. The fourth-order valence-electron chi connectivity index (χ4n) is 1.70. The molecule has 0 N–H and O–H groups in total. The van der Waals surface area contributed by atoms with Gasteiger partial charge in [0.05, 0.1) is 11.5 Å². The molecule has 0 fully saturated rings. The summed E-state index contributed by atoms with van der Waals surface area (Å²) in [6.07, 6.45) is 2.31. The Morgan fingerprint density at radius 2 is 1.90 bits per heavy atom. The number of benzene rings is 2. The van der Waals surface area contributed by atoms with Crippen LogP contribution in [0, 0.1) is 10.1 Å². The number of hydrogen-bond acceptors (Lipinski definition) is 4. The minimum absolute atomic E-state index is 0.122. The lowest BCUT2D eigenvalue weighted by molar-refractivity contribution is -0.400. The van der Waals surface area contributed by atoms with Gasteiger partial charge in [0.2, 0.25) is 6.20 Å². The first-order valence-corrected chi connectivity index (χ1v) is 6.40. The molecule has 21 heavy (non-hydrogen) atoms. The molecule has 0 saturated carbocycles. The molecule has 0 aromatic heterocycles. The number of nitrogens with zero attached hydrogens (tertiary/aromatic N) is 1. The molecule has 0 spiro atoms. The Morgan fingerprint density at radius 3 is 2.67 bits per heavy atom. The van der Waals surface area contributed by atoms with E-state index < -0.39 is 4.92 Å². The van der Waals surface area contributed by atoms with Crippen molar-refractivity contribution in [3.8, 4) is 5.75 Å². The molecular weight excluding hydrogens is 270 g/mol. The van der Waals surface area contributed by atoms with Crippen molar-refractivity contribution in [1.29, 1.82) is 0 Å². The summed E-state index contributed by atoms with van der Waals surface area (Å²) in [5.41, 5.74) is 1.77. The fourth-order valence-corrected chi connectivity index (χ4v) is 1.70. The maximum atomic E-state index is 10.3. The Morgan fingerprint density at radius 1 is 1.10 bits per heavy atom. The van der Waals surface area contributed by atoms with Gasteiger partial charge in [-0.3, -0.25) is 10.1 Å². The van der Waals surface area contributed by atoms with Crippen LogP contribution < -0.4 is 4.74 Å². The number of rotatable bonds is 7. The monoisotopic (exact) mass is 285 g/mol. The Labute approximate surface area is 122 Å². The summed E-state index contributed by atoms with van der Waals surface area (Å²) in [4.78, 5) is 9.77. The predicted molar refractivity (Wildman–Crippen MR) is 79.2 cm³/mol. The van der Waals surface area contributed by atoms with Gasteiger partial charge in [0.1, 0.15) is 5.75 Å². The Hall–Kier alpha value is -2.66. The van der Waals surface area contributed by atoms with Crippen molar-refractivity contribution in [1.82, 2.24) is 0 Å². The quantitative estimate of drug-likeness (QED) is 0.338. The third-order valence-corrected chi connectivity index (χ3v) is 2.67. The molecule has 0 aliphatic carbocycles. The molecule has 2 rings (SSSR count). The van der Waals surface area contributed by atoms with Crippen molar-refractivity contribution in [2.24, 2.45) is 0 Å². The van der Waals surface area contributed by atoms with Crippen LogP contribution in [0.25, 0.3) is 6.08 Å². The van der Waals surface area contributed by atoms with E-state index in [1.165, 1.54) is 6.08 Å². The summed E-state index contributed by atoms with van der Waals surface area (Å²) >= 11 is 0. The lowest BCUT2D eigenvalue weighted by atomic mass is 10.2. The highest BCUT2D eigenvalue weighted by Crippen LogP contribution is 2.14. The fraction of sp³-hybridized carbons (Fsp3) is 0.125. The van der Waals surface area contributed by atoms with Crippen LogP contribution in [0.3, 0.4) is 0 Å². The molecule has 5 nitrogen and oxygen atoms in total. The molecule has 0 saturated heterocycles. The van der Waals surface area contributed by atoms with Gasteiger partial charge in [-0.15, -0.1) is 0 Å². The number of ether oxygens (including phenoxy) is 2. The second-order valence-corrected chi connectivity index (χ2v) is 4.27. The van der Waals surface area contributed by atoms with Gasteiger partial charge in [0.25, 0.3) is 0 Å². The summed E-state index contributed by atoms with van der Waals surface area (Å²) in [5, 5.41) is 10.3. The molecule has 0 amide bonds. The summed E-state index contributed by atoms with van der Waals surface area (Å²) in [7, 11) is 0. The van der Waals surface area contributed by atoms with E-state index in [1.54, 1.807) is 24.3 Å². The van der Waals surface area contributed by atoms with E-state index in [0.29, 0.717) is 17.9 Å². The highest BCUT2D eigenvalue weighted by molar-refractivity contribution is 5.50. The number of hydrogen-bond donors (Lipinski definition) is 0. The van der Waals surface area contributed by atoms with Crippen molar-refractivity contribution in [3.63, 3.8) is 0 Å². The molecule has 0 atom stereocenters. The predicted octanol–water partition coefficient (Wildman–Crippen LogP) is 3.49. The lowest BCUT2D eigenvalue weighted by Gasteiger charge is -2.07. The van der Waals surface area contributed by atoms with Crippen molar-refractivity contribution in [2.45, 2.75) is 6.61 Å². The first-order chi connectivity index (χ1) is 10.2. The van der Waals surface area contributed by atoms with Crippen molar-refractivity contribution >= 4 is 6.08 Å². The Bertz CT molecular complexity index is 611. The van der Waals surface area contributed by atoms with Gasteiger partial charge in [0.15, 0.2) is 6.79 Å². The van der Waals surface area contributed by atoms with Gasteiger partial charge in [-0.25, -0.2) is 0 Å². The van der Waals surface area contributed by atoms with Gasteiger partial charge in [-0.2, -0.15) is 0 Å². The average Bonchev–Trinajstić information content (AvgIpc) is 2.51. The van der Waals surface area contributed by atoms with Crippen LogP contribution in [0.4, 0.5) is 0 Å². The number of nitro groups is 1. The largest absolute Gasteiger partial charge is 0.468 e. The van der Waals surface area contributed by atoms with Crippen LogP contribution in [0.2, 0.25) is 0 Å². The topological polar surface area (TPSA) is 61.6 Å². The minimum atomic E-state index is -0.503. The van der Waals surface area contributed by atoms with E-state index >= 15 is 0 Å². The molecule has 0 unspecified atom stereocenters. The van der Waals surface area contributed by atoms with Crippen LogP contribution in [0.5, 0.6) is 5.75 Å². The Kier molecular flexibility index (Phi) is 5.49. The van der Waals surface area contributed by atoms with E-state index in [2.05, 4.69) is 0 Å². The maximum Gasteiger partial charge on any atom is 0.235 e. The van der Waals surface area contributed by atoms with Crippen molar-refractivity contribution < 1.29 is 14.4 Å². The summed E-state index contributed by atoms with van der Waals surface area (Å²) < 4.78 is 10.9. The van der Waals surface area contributed by atoms with E-state index in [4.69, 9.17) is 9.47 Å². The highest BCUT2D eigenvalue weighted by atomic mass is 16.7. The Balaban J connectivity index is 1.80. The van der Waals surface area contributed by atoms with Crippen LogP contribution in [0.1, 0.15) is 11.1 Å². The van der Waals surface area contributed by atoms with E-state index in [0.717, 1.165) is 11.8 Å². The van der Waals surface area contributed by atoms with E-state index in [1.807, 2.05) is 30.3 Å². The first kappa shape index (κ1) is 14.7. The molecule has 5 heteroatoms. The smallest absolute Gasteiger partial charge is 0.235 e. The third kappa shape index (κ3) is 5.46. The first-order valence-electron chi connectivity index (χ1n) is 6.40. The second-order valence-electron chi connectivity index (χ2n) is 4.27. The van der Waals surface area contributed by atoms with Crippen molar-refractivity contribution in [3.05, 3.63) is 82.0 Å². The normalized spacial score (nSPS) is 10.7. The summed E-state index contributed by atoms with van der Waals surface area (Å²) in [5.74, 6) is 0.605. The average molecular weight is 285 g/mol. The van der Waals surface area contributed by atoms with Crippen LogP contribution in [0.15, 0.2) is 60.8 Å². The molecule has 0 aliphatic heterocycles. The SMILES string of the molecule is O=[N+]([O-])C=Cc1cccc(OCOCc2ccccc2)c1. The molecular formula is C16H15NO4. The molecule has 0 heterocycles. The van der Waals surface area contributed by atoms with Crippen LogP contribution >= 0.6 is 0 Å². The zero-order valence-electron chi connectivity index (χ0n) is 11.3. The van der Waals surface area contributed by atoms with Gasteiger partial charge in [-0.1, -0.05) is 42.5 Å². The van der Waals surface area contributed by atoms with E-state index in [9.17, 15) is 10.1 Å². The van der Waals surface area contributed by atoms with E-state index in [-0.39, 0.29) is 6.79 Å². The van der Waals surface area contributed by atoms with Crippen LogP contribution in [-0.2, 0) is 11.3 Å². The van der Waals surface area contributed by atoms with Gasteiger partial charge in [0, 0.05) is 6.08 Å². The van der Waals surface area contributed by atoms with Gasteiger partial charge < -0.3 is 9.47 Å². The minimum Gasteiger partial charge on any atom is -0.468 e. The molecule has 0 radical (unpaired) electrons. The molecule has 0 aliphatic rings. The second kappa shape index (κ2) is 7.81. The molecule has 0 bridgehead atoms. The van der Waals surface area contributed by atoms with Crippen molar-refractivity contribution in [2.75, 3.05) is 6.79 Å². The molecule has 108 valence electrons. The zero-order chi connectivity index (χ0) is 14.9. The van der Waals surface area contributed by atoms with Crippen LogP contribution in [-0.4, -0.2) is 11.7 Å². The molecule has 2 aromatic rings. The summed E-state index contributed by atoms with van der Waals surface area (Å²) in [6.45, 7) is 0.596. The standard InChI is InChI=1S/C16H15NO4/c18-17(19)10-9-14-7-4-8-16(11-14)21-13-20-12-15-5-2-1-3-6-15/h1-11H,12-13H2. The highest BCUT2D eigenvalue weighted by Gasteiger charge is 1.97. The zero-order valence-corrected chi connectivity index (χ0v) is 11.3. The third-order valence-electron chi connectivity index (χ3n) is 2.67.